The minimum Gasteiger partial charge on any atom is -0.352 e. The summed E-state index contributed by atoms with van der Waals surface area (Å²) in [5.74, 6) is -1.08. The maximum absolute atomic E-state index is 13.2. The first-order chi connectivity index (χ1) is 18.1. The van der Waals surface area contributed by atoms with E-state index >= 15 is 0 Å². The van der Waals surface area contributed by atoms with Crippen molar-refractivity contribution in [3.63, 3.8) is 0 Å². The lowest BCUT2D eigenvalue weighted by molar-refractivity contribution is -0.138. The Kier molecular flexibility index (Phi) is 8.94. The second kappa shape index (κ2) is 11.8. The number of hydrogen-bond acceptors (Lipinski definition) is 4. The fourth-order valence-electron chi connectivity index (χ4n) is 3.56. The normalized spacial score (nSPS) is 12.7. The van der Waals surface area contributed by atoms with Gasteiger partial charge < -0.3 is 16.4 Å². The van der Waals surface area contributed by atoms with E-state index in [1.807, 2.05) is 0 Å². The number of carbonyl (C=O) groups is 2. The number of halogens is 7. The number of benzene rings is 2. The summed E-state index contributed by atoms with van der Waals surface area (Å²) in [7, 11) is 0. The molecule has 1 unspecified atom stereocenters. The predicted octanol–water partition coefficient (Wildman–Crippen LogP) is 3.86. The summed E-state index contributed by atoms with van der Waals surface area (Å²) in [5.41, 5.74) is 3.24. The first-order valence-electron chi connectivity index (χ1n) is 11.1. The number of carbonyl (C=O) groups excluding carboxylic acids is 2. The van der Waals surface area contributed by atoms with Crippen LogP contribution in [-0.2, 0) is 24.1 Å². The van der Waals surface area contributed by atoms with Crippen LogP contribution in [0.3, 0.4) is 0 Å². The molecule has 0 bridgehead atoms. The van der Waals surface area contributed by atoms with Crippen LogP contribution in [0.15, 0.2) is 53.3 Å². The zero-order valence-electron chi connectivity index (χ0n) is 19.8. The molecule has 0 aliphatic carbocycles. The number of aromatic nitrogens is 3. The van der Waals surface area contributed by atoms with Gasteiger partial charge >= 0.3 is 24.1 Å². The smallest absolute Gasteiger partial charge is 0.352 e. The monoisotopic (exact) mass is 578 g/mol. The first kappa shape index (κ1) is 29.5. The van der Waals surface area contributed by atoms with E-state index in [9.17, 15) is 40.7 Å². The molecule has 210 valence electrons. The Morgan fingerprint density at radius 2 is 1.72 bits per heavy atom. The van der Waals surface area contributed by atoms with Gasteiger partial charge in [0.05, 0.1) is 18.0 Å². The summed E-state index contributed by atoms with van der Waals surface area (Å²) in [4.78, 5) is 36.9. The lowest BCUT2D eigenvalue weighted by atomic mass is 10.0. The number of rotatable bonds is 9. The van der Waals surface area contributed by atoms with Gasteiger partial charge in [-0.25, -0.2) is 14.3 Å². The second-order valence-corrected chi connectivity index (χ2v) is 8.71. The highest BCUT2D eigenvalue weighted by molar-refractivity contribution is 6.30. The summed E-state index contributed by atoms with van der Waals surface area (Å²) >= 11 is 5.85. The van der Waals surface area contributed by atoms with Crippen LogP contribution in [0.2, 0.25) is 5.02 Å². The molecule has 4 N–H and O–H groups in total. The molecule has 3 amide bonds. The first-order valence-corrected chi connectivity index (χ1v) is 11.5. The van der Waals surface area contributed by atoms with Gasteiger partial charge in [0.15, 0.2) is 5.82 Å². The van der Waals surface area contributed by atoms with E-state index in [0.29, 0.717) is 9.70 Å². The lowest BCUT2D eigenvalue weighted by Crippen LogP contribution is -2.42. The quantitative estimate of drug-likeness (QED) is 0.334. The minimum atomic E-state index is -4.68. The van der Waals surface area contributed by atoms with E-state index in [2.05, 4.69) is 15.7 Å². The van der Waals surface area contributed by atoms with Gasteiger partial charge in [0, 0.05) is 23.7 Å². The van der Waals surface area contributed by atoms with E-state index < -0.39 is 67.6 Å². The molecular weight excluding hydrogens is 558 g/mol. The zero-order chi connectivity index (χ0) is 29.0. The Bertz CT molecular complexity index is 1380. The molecule has 9 nitrogen and oxygen atoms in total. The molecule has 0 fully saturated rings. The van der Waals surface area contributed by atoms with Crippen molar-refractivity contribution in [3.05, 3.63) is 75.2 Å². The molecule has 0 saturated carbocycles. The number of alkyl halides is 6. The maximum Gasteiger partial charge on any atom is 0.416 e. The molecule has 1 aromatic heterocycles. The van der Waals surface area contributed by atoms with Crippen molar-refractivity contribution in [1.29, 1.82) is 0 Å². The van der Waals surface area contributed by atoms with Crippen molar-refractivity contribution in [3.8, 4) is 11.4 Å². The van der Waals surface area contributed by atoms with Crippen LogP contribution in [0.25, 0.3) is 11.4 Å². The SMILES string of the molecule is NC(=O)NCC(NC(=O)Cn1nc(-c2ccc(Cl)cc2)n(CCC(F)(F)F)c1=O)c1cccc(C(F)(F)F)c1. The van der Waals surface area contributed by atoms with Crippen molar-refractivity contribution in [2.24, 2.45) is 5.73 Å². The summed E-state index contributed by atoms with van der Waals surface area (Å²) in [6.45, 7) is -1.96. The highest BCUT2D eigenvalue weighted by Gasteiger charge is 2.32. The van der Waals surface area contributed by atoms with E-state index in [4.69, 9.17) is 17.3 Å². The highest BCUT2D eigenvalue weighted by atomic mass is 35.5. The van der Waals surface area contributed by atoms with Crippen LogP contribution in [0, 0.1) is 0 Å². The van der Waals surface area contributed by atoms with Gasteiger partial charge in [-0.05, 0) is 42.0 Å². The fourth-order valence-corrected chi connectivity index (χ4v) is 3.69. The van der Waals surface area contributed by atoms with Crippen molar-refractivity contribution < 1.29 is 35.9 Å². The third-order valence-electron chi connectivity index (χ3n) is 5.37. The molecule has 16 heteroatoms. The van der Waals surface area contributed by atoms with Gasteiger partial charge in [-0.2, -0.15) is 26.3 Å². The topological polar surface area (TPSA) is 124 Å². The summed E-state index contributed by atoms with van der Waals surface area (Å²) in [5, 5.41) is 8.92. The van der Waals surface area contributed by atoms with Gasteiger partial charge in [-0.1, -0.05) is 23.7 Å². The number of nitrogens with two attached hydrogens (primary N) is 1. The molecule has 0 radical (unpaired) electrons. The predicted molar refractivity (Wildman–Crippen MR) is 128 cm³/mol. The Morgan fingerprint density at radius 1 is 1.05 bits per heavy atom. The van der Waals surface area contributed by atoms with Crippen LogP contribution < -0.4 is 22.1 Å². The number of urea groups is 1. The van der Waals surface area contributed by atoms with Crippen LogP contribution in [0.4, 0.5) is 31.1 Å². The van der Waals surface area contributed by atoms with Crippen LogP contribution in [0.5, 0.6) is 0 Å². The Morgan fingerprint density at radius 3 is 2.31 bits per heavy atom. The molecule has 3 rings (SSSR count). The highest BCUT2D eigenvalue weighted by Crippen LogP contribution is 2.31. The molecule has 0 spiro atoms. The van der Waals surface area contributed by atoms with Crippen LogP contribution >= 0.6 is 11.6 Å². The summed E-state index contributed by atoms with van der Waals surface area (Å²) < 4.78 is 79.5. The van der Waals surface area contributed by atoms with Crippen molar-refractivity contribution in [2.45, 2.75) is 37.9 Å². The molecule has 2 aromatic carbocycles. The number of primary amides is 1. The minimum absolute atomic E-state index is 0.0307. The van der Waals surface area contributed by atoms with E-state index in [-0.39, 0.29) is 17.0 Å². The van der Waals surface area contributed by atoms with Crippen molar-refractivity contribution >= 4 is 23.5 Å². The van der Waals surface area contributed by atoms with E-state index in [1.54, 1.807) is 0 Å². The third kappa shape index (κ3) is 8.24. The molecule has 0 aliphatic rings. The van der Waals surface area contributed by atoms with E-state index in [1.165, 1.54) is 30.3 Å². The van der Waals surface area contributed by atoms with Gasteiger partial charge in [0.1, 0.15) is 6.54 Å². The molecular formula is C23H21ClF6N6O3. The third-order valence-corrected chi connectivity index (χ3v) is 5.62. The van der Waals surface area contributed by atoms with Gasteiger partial charge in [-0.15, -0.1) is 5.10 Å². The van der Waals surface area contributed by atoms with Crippen molar-refractivity contribution in [1.82, 2.24) is 25.0 Å². The molecule has 0 saturated heterocycles. The standard InChI is InChI=1S/C23H21ClF6N6O3/c24-16-6-4-13(5-7-16)19-34-36(21(39)35(19)9-8-22(25,26)27)12-18(37)33-17(11-32-20(31)38)14-2-1-3-15(10-14)23(28,29)30/h1-7,10,17H,8-9,11-12H2,(H,33,37)(H3,31,32,38). The number of hydrogen-bond donors (Lipinski definition) is 3. The van der Waals surface area contributed by atoms with Gasteiger partial charge in [0.2, 0.25) is 5.91 Å². The van der Waals surface area contributed by atoms with Crippen LogP contribution in [0.1, 0.15) is 23.6 Å². The van der Waals surface area contributed by atoms with E-state index in [0.717, 1.165) is 22.8 Å². The van der Waals surface area contributed by atoms with Gasteiger partial charge in [-0.3, -0.25) is 9.36 Å². The number of nitrogens with one attached hydrogen (secondary N) is 2. The molecule has 1 heterocycles. The lowest BCUT2D eigenvalue weighted by Gasteiger charge is -2.20. The zero-order valence-corrected chi connectivity index (χ0v) is 20.6. The Hall–Kier alpha value is -4.01. The van der Waals surface area contributed by atoms with Gasteiger partial charge in [0.25, 0.3) is 0 Å². The maximum atomic E-state index is 13.2. The number of nitrogens with zero attached hydrogens (tertiary/aromatic N) is 3. The Labute approximate surface area is 221 Å². The summed E-state index contributed by atoms with van der Waals surface area (Å²) in [6, 6.07) is 7.49. The largest absolute Gasteiger partial charge is 0.416 e. The van der Waals surface area contributed by atoms with Crippen molar-refractivity contribution in [2.75, 3.05) is 6.54 Å². The average molecular weight is 579 g/mol. The second-order valence-electron chi connectivity index (χ2n) is 8.28. The molecule has 1 atom stereocenters. The number of amides is 3. The molecule has 3 aromatic rings. The van der Waals surface area contributed by atoms with Crippen LogP contribution in [-0.4, -0.2) is 39.0 Å². The molecule has 0 aliphatic heterocycles. The molecule has 39 heavy (non-hydrogen) atoms. The summed E-state index contributed by atoms with van der Waals surface area (Å²) in [6.07, 6.45) is -10.6. The Balaban J connectivity index is 1.90. The fraction of sp³-hybridized carbons (Fsp3) is 0.304. The average Bonchev–Trinajstić information content (AvgIpc) is 3.14.